The van der Waals surface area contributed by atoms with Crippen molar-refractivity contribution in [3.05, 3.63) is 34.2 Å². The lowest BCUT2D eigenvalue weighted by Gasteiger charge is -2.23. The third-order valence-electron chi connectivity index (χ3n) is 6.20. The molecule has 2 aromatic heterocycles. The van der Waals surface area contributed by atoms with Crippen LogP contribution in [0.4, 0.5) is 5.69 Å². The summed E-state index contributed by atoms with van der Waals surface area (Å²) in [6, 6.07) is 6.04. The second-order valence-electron chi connectivity index (χ2n) is 8.12. The number of aryl methyl sites for hydroxylation is 1. The lowest BCUT2D eigenvalue weighted by molar-refractivity contribution is 0.302. The first-order valence-electron chi connectivity index (χ1n) is 11.1. The zero-order valence-corrected chi connectivity index (χ0v) is 19.7. The van der Waals surface area contributed by atoms with Gasteiger partial charge in [0.05, 0.1) is 31.0 Å². The predicted octanol–water partition coefficient (Wildman–Crippen LogP) is 3.85. The summed E-state index contributed by atoms with van der Waals surface area (Å²) in [7, 11) is 1.61. The highest BCUT2D eigenvalue weighted by Crippen LogP contribution is 2.33. The van der Waals surface area contributed by atoms with Crippen molar-refractivity contribution in [3.63, 3.8) is 0 Å². The summed E-state index contributed by atoms with van der Waals surface area (Å²) >= 11 is 0. The molecule has 174 valence electrons. The summed E-state index contributed by atoms with van der Waals surface area (Å²) in [6.45, 7) is 5.33. The molecule has 32 heavy (non-hydrogen) atoms. The van der Waals surface area contributed by atoms with Gasteiger partial charge in [0.25, 0.3) is 5.56 Å². The number of aromatic nitrogens is 4. The van der Waals surface area contributed by atoms with Crippen LogP contribution in [0.2, 0.25) is 0 Å². The van der Waals surface area contributed by atoms with E-state index in [4.69, 9.17) is 14.8 Å². The Labute approximate surface area is 194 Å². The molecule has 3 aromatic rings. The number of fused-ring (bicyclic) bond motifs is 1. The molecule has 0 radical (unpaired) electrons. The number of anilines is 1. The van der Waals surface area contributed by atoms with Gasteiger partial charge in [0.1, 0.15) is 17.1 Å². The lowest BCUT2D eigenvalue weighted by Crippen LogP contribution is -2.26. The Morgan fingerprint density at radius 1 is 1.28 bits per heavy atom. The fourth-order valence-electron chi connectivity index (χ4n) is 4.57. The molecule has 1 saturated carbocycles. The van der Waals surface area contributed by atoms with Gasteiger partial charge in [-0.2, -0.15) is 5.10 Å². The molecule has 2 N–H and O–H groups in total. The van der Waals surface area contributed by atoms with E-state index in [-0.39, 0.29) is 30.6 Å². The van der Waals surface area contributed by atoms with Crippen LogP contribution < -0.4 is 15.2 Å². The monoisotopic (exact) mass is 461 g/mol. The number of aliphatic hydroxyl groups excluding tert-OH is 1. The normalized spacial score (nSPS) is 14.4. The summed E-state index contributed by atoms with van der Waals surface area (Å²) in [5.74, 6) is 1.09. The van der Waals surface area contributed by atoms with Crippen LogP contribution in [-0.4, -0.2) is 51.7 Å². The minimum atomic E-state index is -0.173. The quantitative estimate of drug-likeness (QED) is 0.554. The van der Waals surface area contributed by atoms with E-state index in [2.05, 4.69) is 9.88 Å². The molecule has 1 aliphatic carbocycles. The number of benzene rings is 1. The van der Waals surface area contributed by atoms with Gasteiger partial charge < -0.3 is 19.7 Å². The molecule has 0 aliphatic heterocycles. The Bertz CT molecular complexity index is 1120. The van der Waals surface area contributed by atoms with Crippen LogP contribution in [0.5, 0.6) is 5.75 Å². The maximum atomic E-state index is 13.1. The maximum absolute atomic E-state index is 13.1. The van der Waals surface area contributed by atoms with Crippen molar-refractivity contribution in [1.29, 1.82) is 0 Å². The van der Waals surface area contributed by atoms with Gasteiger partial charge >= 0.3 is 0 Å². The van der Waals surface area contributed by atoms with Crippen LogP contribution in [0.3, 0.4) is 0 Å². The number of rotatable bonds is 7. The smallest absolute Gasteiger partial charge is 0.277 e. The van der Waals surface area contributed by atoms with Gasteiger partial charge in [0.2, 0.25) is 0 Å². The summed E-state index contributed by atoms with van der Waals surface area (Å²) in [5.41, 5.74) is 3.46. The van der Waals surface area contributed by atoms with E-state index in [1.54, 1.807) is 7.11 Å². The first-order chi connectivity index (χ1) is 15.1. The third kappa shape index (κ3) is 4.47. The molecule has 0 atom stereocenters. The summed E-state index contributed by atoms with van der Waals surface area (Å²) in [5, 5.41) is 14.0. The van der Waals surface area contributed by atoms with Crippen LogP contribution in [-0.2, 0) is 0 Å². The summed E-state index contributed by atoms with van der Waals surface area (Å²) in [6.07, 6.45) is 5.69. The molecule has 0 saturated heterocycles. The molecule has 0 spiro atoms. The highest BCUT2D eigenvalue weighted by Gasteiger charge is 2.23. The second-order valence-corrected chi connectivity index (χ2v) is 8.12. The fourth-order valence-corrected chi connectivity index (χ4v) is 4.57. The number of nitrogens with one attached hydrogen (secondary N) is 1. The van der Waals surface area contributed by atoms with Gasteiger partial charge in [-0.15, -0.1) is 12.4 Å². The number of halogens is 1. The van der Waals surface area contributed by atoms with Crippen molar-refractivity contribution < 1.29 is 9.84 Å². The molecular weight excluding hydrogens is 430 g/mol. The highest BCUT2D eigenvalue weighted by molar-refractivity contribution is 5.85. The van der Waals surface area contributed by atoms with Gasteiger partial charge in [0.15, 0.2) is 5.52 Å². The number of methoxy groups -OCH3 is 1. The standard InChI is InChI=1S/C23H31N5O3.ClH/c1-4-27(12-13-29)17-10-11-18(19(14-17)31-3)22-24-20-15(2)26-28(21(20)23(30)25-22)16-8-6-5-7-9-16;/h10-11,14,16,29H,4-9,12-13H2,1-3H3,(H,24,25,30);1H. The molecule has 1 fully saturated rings. The number of aliphatic hydroxyl groups is 1. The van der Waals surface area contributed by atoms with E-state index in [0.29, 0.717) is 29.2 Å². The highest BCUT2D eigenvalue weighted by atomic mass is 35.5. The average Bonchev–Trinajstić information content (AvgIpc) is 3.14. The van der Waals surface area contributed by atoms with E-state index >= 15 is 0 Å². The largest absolute Gasteiger partial charge is 0.496 e. The van der Waals surface area contributed by atoms with E-state index in [9.17, 15) is 9.90 Å². The molecule has 9 heteroatoms. The van der Waals surface area contributed by atoms with Crippen LogP contribution in [0, 0.1) is 6.92 Å². The number of hydrogen-bond acceptors (Lipinski definition) is 6. The molecule has 1 aliphatic rings. The Hall–Kier alpha value is -2.58. The molecule has 0 amide bonds. The average molecular weight is 462 g/mol. The summed E-state index contributed by atoms with van der Waals surface area (Å²) < 4.78 is 7.52. The topological polar surface area (TPSA) is 96.3 Å². The zero-order chi connectivity index (χ0) is 22.0. The van der Waals surface area contributed by atoms with E-state index in [1.165, 1.54) is 19.3 Å². The van der Waals surface area contributed by atoms with E-state index in [0.717, 1.165) is 36.3 Å². The van der Waals surface area contributed by atoms with Gasteiger partial charge in [-0.25, -0.2) is 4.98 Å². The molecule has 8 nitrogen and oxygen atoms in total. The zero-order valence-electron chi connectivity index (χ0n) is 18.9. The number of nitrogens with zero attached hydrogens (tertiary/aromatic N) is 4. The summed E-state index contributed by atoms with van der Waals surface area (Å²) in [4.78, 5) is 22.9. The molecule has 0 bridgehead atoms. The number of hydrogen-bond donors (Lipinski definition) is 2. The van der Waals surface area contributed by atoms with Gasteiger partial charge in [-0.3, -0.25) is 9.48 Å². The van der Waals surface area contributed by atoms with Crippen LogP contribution in [0.15, 0.2) is 23.0 Å². The van der Waals surface area contributed by atoms with Crippen molar-refractivity contribution >= 4 is 29.1 Å². The molecule has 0 unspecified atom stereocenters. The maximum Gasteiger partial charge on any atom is 0.277 e. The minimum Gasteiger partial charge on any atom is -0.496 e. The molecular formula is C23H32ClN5O3. The molecule has 4 rings (SSSR count). The number of ether oxygens (including phenoxy) is 1. The van der Waals surface area contributed by atoms with Gasteiger partial charge in [-0.1, -0.05) is 19.3 Å². The van der Waals surface area contributed by atoms with Crippen LogP contribution in [0.1, 0.15) is 50.8 Å². The first kappa shape index (κ1) is 24.1. The van der Waals surface area contributed by atoms with Crippen molar-refractivity contribution in [2.45, 2.75) is 52.0 Å². The predicted molar refractivity (Wildman–Crippen MR) is 129 cm³/mol. The molecule has 2 heterocycles. The number of likely N-dealkylation sites (N-methyl/N-ethyl adjacent to an activating group) is 1. The van der Waals surface area contributed by atoms with Gasteiger partial charge in [-0.05, 0) is 38.8 Å². The van der Waals surface area contributed by atoms with Crippen molar-refractivity contribution in [1.82, 2.24) is 19.7 Å². The lowest BCUT2D eigenvalue weighted by atomic mass is 9.95. The van der Waals surface area contributed by atoms with E-state index < -0.39 is 0 Å². The number of H-pyrrole nitrogens is 1. The van der Waals surface area contributed by atoms with Crippen molar-refractivity contribution in [3.8, 4) is 17.1 Å². The SMILES string of the molecule is CCN(CCO)c1ccc(-c2nc3c(C)nn(C4CCCCC4)c3c(=O)[nH]2)c(OC)c1.Cl. The van der Waals surface area contributed by atoms with E-state index in [1.807, 2.05) is 36.7 Å². The minimum absolute atomic E-state index is 0. The Morgan fingerprint density at radius 3 is 2.69 bits per heavy atom. The fraction of sp³-hybridized carbons (Fsp3) is 0.522. The second kappa shape index (κ2) is 10.4. The van der Waals surface area contributed by atoms with Crippen LogP contribution in [0.25, 0.3) is 22.4 Å². The van der Waals surface area contributed by atoms with Gasteiger partial charge in [0, 0.05) is 24.8 Å². The van der Waals surface area contributed by atoms with Crippen molar-refractivity contribution in [2.24, 2.45) is 0 Å². The van der Waals surface area contributed by atoms with Crippen molar-refractivity contribution in [2.75, 3.05) is 31.7 Å². The Balaban J connectivity index is 0.00000289. The Morgan fingerprint density at radius 2 is 2.03 bits per heavy atom. The van der Waals surface area contributed by atoms with Crippen LogP contribution >= 0.6 is 12.4 Å². The Kier molecular flexibility index (Phi) is 7.79. The third-order valence-corrected chi connectivity index (χ3v) is 6.20. The number of aromatic amines is 1. The first-order valence-corrected chi connectivity index (χ1v) is 11.1. The molecule has 1 aromatic carbocycles.